The largest absolute Gasteiger partial charge is 0.478 e. The van der Waals surface area contributed by atoms with Crippen molar-refractivity contribution in [3.63, 3.8) is 0 Å². The summed E-state index contributed by atoms with van der Waals surface area (Å²) in [4.78, 5) is 16.0. The molecule has 1 aromatic heterocycles. The fourth-order valence-electron chi connectivity index (χ4n) is 1.59. The average Bonchev–Trinajstić information content (AvgIpc) is 2.57. The molecule has 4 heteroatoms. The lowest BCUT2D eigenvalue weighted by molar-refractivity contribution is -0.131. The summed E-state index contributed by atoms with van der Waals surface area (Å²) in [6.45, 7) is 0. The molecule has 0 aromatic carbocycles. The molecule has 1 heterocycles. The number of aliphatic carboxylic acids is 1. The van der Waals surface area contributed by atoms with Crippen LogP contribution < -0.4 is 0 Å². The van der Waals surface area contributed by atoms with Crippen LogP contribution in [0.1, 0.15) is 28.4 Å². The highest BCUT2D eigenvalue weighted by atomic mass is 32.1. The Bertz CT molecular complexity index is 358. The zero-order valence-corrected chi connectivity index (χ0v) is 8.51. The first-order chi connectivity index (χ1) is 6.75. The van der Waals surface area contributed by atoms with Gasteiger partial charge in [-0.1, -0.05) is 0 Å². The second-order valence-corrected chi connectivity index (χ2v) is 4.42. The van der Waals surface area contributed by atoms with Gasteiger partial charge in [-0.2, -0.15) is 0 Å². The van der Waals surface area contributed by atoms with Crippen molar-refractivity contribution in [2.24, 2.45) is 0 Å². The zero-order valence-electron chi connectivity index (χ0n) is 7.69. The third-order valence-corrected chi connectivity index (χ3v) is 3.35. The van der Waals surface area contributed by atoms with E-state index in [-0.39, 0.29) is 0 Å². The number of carbonyl (C=O) groups is 1. The Morgan fingerprint density at radius 3 is 2.93 bits per heavy atom. The van der Waals surface area contributed by atoms with Crippen LogP contribution in [0.5, 0.6) is 0 Å². The Balaban J connectivity index is 2.20. The highest BCUT2D eigenvalue weighted by Gasteiger charge is 2.13. The summed E-state index contributed by atoms with van der Waals surface area (Å²) in [5.74, 6) is -0.918. The van der Waals surface area contributed by atoms with Crippen molar-refractivity contribution in [2.45, 2.75) is 25.7 Å². The summed E-state index contributed by atoms with van der Waals surface area (Å²) in [7, 11) is 0. The number of rotatable bonds is 2. The first kappa shape index (κ1) is 9.40. The van der Waals surface area contributed by atoms with E-state index in [1.807, 2.05) is 0 Å². The fraction of sp³-hybridized carbons (Fsp3) is 0.400. The van der Waals surface area contributed by atoms with Crippen LogP contribution in [0.4, 0.5) is 0 Å². The fourth-order valence-corrected chi connectivity index (χ4v) is 2.64. The Hall–Kier alpha value is -1.16. The molecule has 0 spiro atoms. The molecule has 74 valence electrons. The van der Waals surface area contributed by atoms with Crippen LogP contribution in [0.25, 0.3) is 6.08 Å². The lowest BCUT2D eigenvalue weighted by atomic mass is 10.0. The van der Waals surface area contributed by atoms with E-state index < -0.39 is 5.97 Å². The third-order valence-electron chi connectivity index (χ3n) is 2.23. The van der Waals surface area contributed by atoms with Crippen LogP contribution in [-0.2, 0) is 17.6 Å². The molecule has 2 rings (SSSR count). The molecule has 0 aliphatic heterocycles. The number of thiazole rings is 1. The Labute approximate surface area is 86.1 Å². The van der Waals surface area contributed by atoms with Gasteiger partial charge in [0.25, 0.3) is 0 Å². The molecule has 1 aromatic rings. The number of fused-ring (bicyclic) bond motifs is 1. The second kappa shape index (κ2) is 3.92. The van der Waals surface area contributed by atoms with Gasteiger partial charge in [0.05, 0.1) is 5.69 Å². The SMILES string of the molecule is O=C(O)/C=C/c1nc2c(s1)CCCC2. The van der Waals surface area contributed by atoms with Gasteiger partial charge in [-0.15, -0.1) is 11.3 Å². The predicted molar refractivity (Wildman–Crippen MR) is 55.4 cm³/mol. The smallest absolute Gasteiger partial charge is 0.328 e. The molecule has 0 radical (unpaired) electrons. The van der Waals surface area contributed by atoms with Gasteiger partial charge in [-0.3, -0.25) is 0 Å². The lowest BCUT2D eigenvalue weighted by Crippen LogP contribution is -1.98. The monoisotopic (exact) mass is 209 g/mol. The van der Waals surface area contributed by atoms with Gasteiger partial charge >= 0.3 is 5.97 Å². The van der Waals surface area contributed by atoms with E-state index in [1.54, 1.807) is 17.4 Å². The van der Waals surface area contributed by atoms with E-state index in [9.17, 15) is 4.79 Å². The van der Waals surface area contributed by atoms with E-state index in [4.69, 9.17) is 5.11 Å². The molecule has 1 aliphatic carbocycles. The Morgan fingerprint density at radius 2 is 2.21 bits per heavy atom. The van der Waals surface area contributed by atoms with E-state index >= 15 is 0 Å². The summed E-state index contributed by atoms with van der Waals surface area (Å²) in [6, 6.07) is 0. The highest BCUT2D eigenvalue weighted by molar-refractivity contribution is 7.12. The van der Waals surface area contributed by atoms with Gasteiger partial charge in [0, 0.05) is 11.0 Å². The van der Waals surface area contributed by atoms with E-state index in [0.29, 0.717) is 0 Å². The van der Waals surface area contributed by atoms with Crippen molar-refractivity contribution in [3.8, 4) is 0 Å². The van der Waals surface area contributed by atoms with Crippen LogP contribution in [0, 0.1) is 0 Å². The summed E-state index contributed by atoms with van der Waals surface area (Å²) < 4.78 is 0. The topological polar surface area (TPSA) is 50.2 Å². The number of hydrogen-bond acceptors (Lipinski definition) is 3. The Morgan fingerprint density at radius 1 is 1.43 bits per heavy atom. The molecule has 1 N–H and O–H groups in total. The summed E-state index contributed by atoms with van der Waals surface area (Å²) >= 11 is 1.62. The number of aryl methyl sites for hydroxylation is 2. The van der Waals surface area contributed by atoms with Crippen LogP contribution in [0.3, 0.4) is 0 Å². The quantitative estimate of drug-likeness (QED) is 0.759. The van der Waals surface area contributed by atoms with Crippen LogP contribution in [-0.4, -0.2) is 16.1 Å². The second-order valence-electron chi connectivity index (χ2n) is 3.30. The van der Waals surface area contributed by atoms with Crippen molar-refractivity contribution in [1.82, 2.24) is 4.98 Å². The first-order valence-corrected chi connectivity index (χ1v) is 5.47. The molecule has 0 unspecified atom stereocenters. The van der Waals surface area contributed by atoms with Crippen molar-refractivity contribution in [3.05, 3.63) is 21.7 Å². The maximum Gasteiger partial charge on any atom is 0.328 e. The number of hydrogen-bond donors (Lipinski definition) is 1. The Kier molecular flexibility index (Phi) is 2.63. The number of nitrogens with zero attached hydrogens (tertiary/aromatic N) is 1. The minimum absolute atomic E-state index is 0.819. The summed E-state index contributed by atoms with van der Waals surface area (Å²) in [6.07, 6.45) is 7.31. The van der Waals surface area contributed by atoms with E-state index in [1.165, 1.54) is 23.4 Å². The van der Waals surface area contributed by atoms with E-state index in [0.717, 1.165) is 23.9 Å². The molecule has 1 aliphatic rings. The number of aromatic nitrogens is 1. The normalized spacial score (nSPS) is 15.7. The highest BCUT2D eigenvalue weighted by Crippen LogP contribution is 2.27. The summed E-state index contributed by atoms with van der Waals surface area (Å²) in [5.41, 5.74) is 1.17. The molecule has 0 bridgehead atoms. The third kappa shape index (κ3) is 2.01. The predicted octanol–water partition coefficient (Wildman–Crippen LogP) is 2.12. The molecule has 3 nitrogen and oxygen atoms in total. The molecule has 0 atom stereocenters. The maximum atomic E-state index is 10.3. The molecule has 0 saturated carbocycles. The minimum atomic E-state index is -0.918. The molecule has 0 saturated heterocycles. The molecule has 14 heavy (non-hydrogen) atoms. The zero-order chi connectivity index (χ0) is 9.97. The van der Waals surface area contributed by atoms with Crippen molar-refractivity contribution < 1.29 is 9.90 Å². The molecule has 0 fully saturated rings. The first-order valence-electron chi connectivity index (χ1n) is 4.65. The molecular formula is C10H11NO2S. The van der Waals surface area contributed by atoms with Gasteiger partial charge in [0.2, 0.25) is 0 Å². The van der Waals surface area contributed by atoms with Crippen molar-refractivity contribution in [2.75, 3.05) is 0 Å². The van der Waals surface area contributed by atoms with Crippen LogP contribution >= 0.6 is 11.3 Å². The lowest BCUT2D eigenvalue weighted by Gasteiger charge is -2.06. The summed E-state index contributed by atoms with van der Waals surface area (Å²) in [5, 5.41) is 9.29. The average molecular weight is 209 g/mol. The van der Waals surface area contributed by atoms with Gasteiger partial charge in [0.1, 0.15) is 5.01 Å². The van der Waals surface area contributed by atoms with Crippen LogP contribution in [0.15, 0.2) is 6.08 Å². The van der Waals surface area contributed by atoms with Crippen molar-refractivity contribution >= 4 is 23.4 Å². The molecule has 0 amide bonds. The van der Waals surface area contributed by atoms with Gasteiger partial charge in [0.15, 0.2) is 0 Å². The number of carboxylic acids is 1. The van der Waals surface area contributed by atoms with E-state index in [2.05, 4.69) is 4.98 Å². The number of carboxylic acid groups (broad SMARTS) is 1. The molecular weight excluding hydrogens is 198 g/mol. The van der Waals surface area contributed by atoms with Crippen molar-refractivity contribution in [1.29, 1.82) is 0 Å². The van der Waals surface area contributed by atoms with Gasteiger partial charge in [-0.25, -0.2) is 9.78 Å². The standard InChI is InChI=1S/C10H11NO2S/c12-10(13)6-5-9-11-7-3-1-2-4-8(7)14-9/h5-6H,1-4H2,(H,12,13)/b6-5+. The van der Waals surface area contributed by atoms with Gasteiger partial charge in [-0.05, 0) is 31.8 Å². The van der Waals surface area contributed by atoms with Gasteiger partial charge < -0.3 is 5.11 Å². The maximum absolute atomic E-state index is 10.3. The minimum Gasteiger partial charge on any atom is -0.478 e. The van der Waals surface area contributed by atoms with Crippen LogP contribution in [0.2, 0.25) is 0 Å².